The molecule has 4 aromatic carbocycles. The molecule has 0 aromatic heterocycles. The quantitative estimate of drug-likeness (QED) is 0.122. The molecule has 0 saturated heterocycles. The average molecular weight is 606 g/mol. The molecule has 0 unspecified atom stereocenters. The summed E-state index contributed by atoms with van der Waals surface area (Å²) in [6, 6.07) is 36.8. The molecule has 0 heterocycles. The Morgan fingerprint density at radius 1 is 0.744 bits per heavy atom. The van der Waals surface area contributed by atoms with Crippen molar-refractivity contribution in [3.05, 3.63) is 120 Å². The first-order valence-corrected chi connectivity index (χ1v) is 17.4. The van der Waals surface area contributed by atoms with Gasteiger partial charge in [-0.05, 0) is 0 Å². The molecular weight excluding hydrogens is 571 g/mol. The molecule has 4 nitrogen and oxygen atoms in total. The summed E-state index contributed by atoms with van der Waals surface area (Å²) in [6.45, 7) is 7.31. The predicted octanol–water partition coefficient (Wildman–Crippen LogP) is 7.15. The number of carbonyl (C=O) groups excluding carboxylic acids is 2. The van der Waals surface area contributed by atoms with Gasteiger partial charge in [0.05, 0.1) is 0 Å². The van der Waals surface area contributed by atoms with Gasteiger partial charge in [-0.15, -0.1) is 0 Å². The van der Waals surface area contributed by atoms with Gasteiger partial charge in [0.25, 0.3) is 0 Å². The molecule has 0 spiro atoms. The minimum atomic E-state index is -3.29. The normalized spacial score (nSPS) is 12.7. The van der Waals surface area contributed by atoms with Crippen LogP contribution in [0, 0.1) is 5.41 Å². The summed E-state index contributed by atoms with van der Waals surface area (Å²) in [5.41, 5.74) is 0.429. The Morgan fingerprint density at radius 2 is 1.21 bits per heavy atom. The first-order valence-electron chi connectivity index (χ1n) is 13.0. The summed E-state index contributed by atoms with van der Waals surface area (Å²) in [4.78, 5) is 25.8. The summed E-state index contributed by atoms with van der Waals surface area (Å²) in [6.07, 6.45) is 0.587. The van der Waals surface area contributed by atoms with Gasteiger partial charge in [0.15, 0.2) is 0 Å². The van der Waals surface area contributed by atoms with Crippen molar-refractivity contribution in [2.75, 3.05) is 6.61 Å². The van der Waals surface area contributed by atoms with Crippen LogP contribution in [0.4, 0.5) is 0 Å². The van der Waals surface area contributed by atoms with E-state index in [-0.39, 0.29) is 17.9 Å². The summed E-state index contributed by atoms with van der Waals surface area (Å²) in [5, 5.41) is 0.214. The van der Waals surface area contributed by atoms with E-state index in [1.54, 1.807) is 39.8 Å². The number of carbonyl (C=O) groups is 2. The monoisotopic (exact) mass is 604 g/mol. The second-order valence-corrected chi connectivity index (χ2v) is 19.5. The molecule has 0 aliphatic rings. The SMILES string of the molecule is CCOC(=O)c1cc(CP(Br)(c2ccccc2)(c2ccccc2)c2ccccc2)ccc1OC(=O)C(C)(C)C. The Morgan fingerprint density at radius 3 is 1.62 bits per heavy atom. The van der Waals surface area contributed by atoms with E-state index in [9.17, 15) is 9.59 Å². The molecule has 0 radical (unpaired) electrons. The molecule has 39 heavy (non-hydrogen) atoms. The maximum atomic E-state index is 13.1. The predicted molar refractivity (Wildman–Crippen MR) is 165 cm³/mol. The molecule has 0 aliphatic heterocycles. The fourth-order valence-corrected chi connectivity index (χ4v) is 12.4. The van der Waals surface area contributed by atoms with Crippen molar-refractivity contribution in [2.45, 2.75) is 33.9 Å². The summed E-state index contributed by atoms with van der Waals surface area (Å²) < 4.78 is 11.1. The number of halogens is 1. The first kappa shape index (κ1) is 28.7. The van der Waals surface area contributed by atoms with E-state index in [1.165, 1.54) is 15.9 Å². The van der Waals surface area contributed by atoms with Gasteiger partial charge >= 0.3 is 240 Å². The molecule has 4 rings (SSSR count). The third-order valence-corrected chi connectivity index (χ3v) is 16.2. The Balaban J connectivity index is 1.96. The van der Waals surface area contributed by atoms with E-state index in [1.807, 2.05) is 24.3 Å². The van der Waals surface area contributed by atoms with Crippen LogP contribution in [-0.2, 0) is 15.7 Å². The summed E-state index contributed by atoms with van der Waals surface area (Å²) in [5.74, 6) is -0.741. The van der Waals surface area contributed by atoms with E-state index in [4.69, 9.17) is 9.47 Å². The topological polar surface area (TPSA) is 52.6 Å². The fraction of sp³-hybridized carbons (Fsp3) is 0.212. The van der Waals surface area contributed by atoms with Crippen LogP contribution in [-0.4, -0.2) is 18.5 Å². The number of esters is 2. The third kappa shape index (κ3) is 5.71. The van der Waals surface area contributed by atoms with Crippen molar-refractivity contribution in [1.29, 1.82) is 0 Å². The van der Waals surface area contributed by atoms with Gasteiger partial charge in [0, 0.05) is 0 Å². The number of rotatable bonds is 8. The van der Waals surface area contributed by atoms with E-state index in [2.05, 4.69) is 88.3 Å². The van der Waals surface area contributed by atoms with Gasteiger partial charge in [0.1, 0.15) is 0 Å². The van der Waals surface area contributed by atoms with E-state index >= 15 is 0 Å². The second-order valence-electron chi connectivity index (χ2n) is 10.5. The second kappa shape index (κ2) is 11.5. The van der Waals surface area contributed by atoms with Crippen LogP contribution >= 0.6 is 20.8 Å². The molecule has 202 valence electrons. The number of hydrogen-bond donors (Lipinski definition) is 0. The van der Waals surface area contributed by atoms with Crippen molar-refractivity contribution in [1.82, 2.24) is 0 Å². The van der Waals surface area contributed by atoms with Gasteiger partial charge in [-0.3, -0.25) is 0 Å². The van der Waals surface area contributed by atoms with Crippen LogP contribution in [0.5, 0.6) is 5.75 Å². The van der Waals surface area contributed by atoms with Crippen LogP contribution in [0.1, 0.15) is 43.6 Å². The minimum absolute atomic E-state index is 0.200. The van der Waals surface area contributed by atoms with Gasteiger partial charge in [-0.25, -0.2) is 0 Å². The Hall–Kier alpha value is -3.27. The van der Waals surface area contributed by atoms with E-state index in [0.717, 1.165) is 5.56 Å². The van der Waals surface area contributed by atoms with Gasteiger partial charge in [-0.1, -0.05) is 0 Å². The van der Waals surface area contributed by atoms with Gasteiger partial charge < -0.3 is 0 Å². The van der Waals surface area contributed by atoms with E-state index in [0.29, 0.717) is 6.16 Å². The third-order valence-electron chi connectivity index (χ3n) is 6.72. The Bertz CT molecular complexity index is 1350. The zero-order valence-electron chi connectivity index (χ0n) is 22.8. The van der Waals surface area contributed by atoms with Crippen molar-refractivity contribution in [3.8, 4) is 5.75 Å². The van der Waals surface area contributed by atoms with Crippen molar-refractivity contribution < 1.29 is 19.1 Å². The van der Waals surface area contributed by atoms with Crippen molar-refractivity contribution in [3.63, 3.8) is 0 Å². The Labute approximate surface area is 239 Å². The molecule has 0 saturated carbocycles. The molecule has 0 amide bonds. The Kier molecular flexibility index (Phi) is 8.44. The molecule has 0 bridgehead atoms. The zero-order valence-corrected chi connectivity index (χ0v) is 25.2. The van der Waals surface area contributed by atoms with Crippen LogP contribution in [0.15, 0.2) is 109 Å². The first-order chi connectivity index (χ1) is 18.6. The molecule has 0 aliphatic carbocycles. The molecule has 0 fully saturated rings. The maximum absolute atomic E-state index is 13.1. The molecule has 4 aromatic rings. The van der Waals surface area contributed by atoms with Crippen LogP contribution < -0.4 is 20.7 Å². The summed E-state index contributed by atoms with van der Waals surface area (Å²) >= 11 is 4.46. The van der Waals surface area contributed by atoms with Crippen LogP contribution in [0.3, 0.4) is 0 Å². The fourth-order valence-electron chi connectivity index (χ4n) is 4.67. The average Bonchev–Trinajstić information content (AvgIpc) is 2.95. The van der Waals surface area contributed by atoms with Crippen molar-refractivity contribution >= 4 is 48.6 Å². The molecule has 0 atom stereocenters. The van der Waals surface area contributed by atoms with Crippen LogP contribution in [0.25, 0.3) is 0 Å². The number of benzene rings is 4. The molecule has 0 N–H and O–H groups in total. The summed E-state index contributed by atoms with van der Waals surface area (Å²) in [7, 11) is 0. The van der Waals surface area contributed by atoms with E-state index < -0.39 is 22.7 Å². The number of hydrogen-bond acceptors (Lipinski definition) is 4. The van der Waals surface area contributed by atoms with Crippen LogP contribution in [0.2, 0.25) is 0 Å². The van der Waals surface area contributed by atoms with Crippen molar-refractivity contribution in [2.24, 2.45) is 5.41 Å². The molecule has 6 heteroatoms. The molecular formula is C33H34BrO4P. The van der Waals surface area contributed by atoms with Gasteiger partial charge in [-0.2, -0.15) is 0 Å². The standard InChI is InChI=1S/C33H34BrO4P/c1-5-37-31(35)29-23-25(21-22-30(29)38-32(36)33(2,3)4)24-39(34,26-15-9-6-10-16-26,27-17-11-7-12-18-27)28-19-13-8-14-20-28/h6-23H,5,24H2,1-4H3. The number of ether oxygens (including phenoxy) is 2. The zero-order chi connectivity index (χ0) is 28.1. The van der Waals surface area contributed by atoms with Gasteiger partial charge in [0.2, 0.25) is 0 Å².